The highest BCUT2D eigenvalue weighted by atomic mass is 15.1. The van der Waals surface area contributed by atoms with Gasteiger partial charge < -0.3 is 4.90 Å². The summed E-state index contributed by atoms with van der Waals surface area (Å²) < 4.78 is 0. The third kappa shape index (κ3) is 6.75. The fourth-order valence-electron chi connectivity index (χ4n) is 7.96. The van der Waals surface area contributed by atoms with E-state index in [0.29, 0.717) is 0 Å². The molecule has 0 atom stereocenters. The molecule has 10 aromatic rings. The standard InChI is InChI=1S/C55H38N2/c1-4-14-39(15-5-1)41-28-32-48(33-29-41)57(55-23-13-11-20-50(55)42-18-8-3-9-19-42)49-34-30-43(31-35-49)54-38-52(51-21-10-12-22-53(51)56-54)47-27-26-45-36-44(24-25-46(45)37-47)40-16-6-2-7-17-40/h1-38H. The van der Waals surface area contributed by atoms with Crippen LogP contribution in [0.5, 0.6) is 0 Å². The van der Waals surface area contributed by atoms with Crippen molar-refractivity contribution in [1.29, 1.82) is 0 Å². The normalized spacial score (nSPS) is 11.2. The van der Waals surface area contributed by atoms with Crippen molar-refractivity contribution in [1.82, 2.24) is 4.98 Å². The summed E-state index contributed by atoms with van der Waals surface area (Å²) in [6.45, 7) is 0. The molecule has 0 saturated heterocycles. The number of anilines is 3. The lowest BCUT2D eigenvalue weighted by Crippen LogP contribution is -2.11. The van der Waals surface area contributed by atoms with Gasteiger partial charge in [-0.2, -0.15) is 0 Å². The number of aromatic nitrogens is 1. The van der Waals surface area contributed by atoms with Gasteiger partial charge in [-0.3, -0.25) is 0 Å². The highest BCUT2D eigenvalue weighted by Crippen LogP contribution is 2.42. The summed E-state index contributed by atoms with van der Waals surface area (Å²) in [6, 6.07) is 82.4. The Morgan fingerprint density at radius 1 is 0.298 bits per heavy atom. The Morgan fingerprint density at radius 3 is 1.44 bits per heavy atom. The zero-order valence-corrected chi connectivity index (χ0v) is 31.3. The first kappa shape index (κ1) is 34.0. The number of nitrogens with zero attached hydrogens (tertiary/aromatic N) is 2. The van der Waals surface area contributed by atoms with E-state index in [1.165, 1.54) is 55.3 Å². The van der Waals surface area contributed by atoms with E-state index in [-0.39, 0.29) is 0 Å². The zero-order valence-electron chi connectivity index (χ0n) is 31.3. The molecule has 0 aliphatic rings. The third-order valence-electron chi connectivity index (χ3n) is 10.9. The predicted octanol–water partition coefficient (Wildman–Crippen LogP) is 15.2. The molecule has 2 nitrogen and oxygen atoms in total. The van der Waals surface area contributed by atoms with E-state index < -0.39 is 0 Å². The molecule has 0 amide bonds. The number of hydrogen-bond donors (Lipinski definition) is 0. The molecule has 0 N–H and O–H groups in total. The van der Waals surface area contributed by atoms with Crippen LogP contribution in [0.4, 0.5) is 17.1 Å². The average Bonchev–Trinajstić information content (AvgIpc) is 3.30. The van der Waals surface area contributed by atoms with E-state index >= 15 is 0 Å². The van der Waals surface area contributed by atoms with E-state index in [0.717, 1.165) is 39.2 Å². The summed E-state index contributed by atoms with van der Waals surface area (Å²) in [7, 11) is 0. The number of hydrogen-bond acceptors (Lipinski definition) is 2. The van der Waals surface area contributed by atoms with Crippen LogP contribution in [0.15, 0.2) is 231 Å². The van der Waals surface area contributed by atoms with Crippen LogP contribution >= 0.6 is 0 Å². The molecule has 0 unspecified atom stereocenters. The van der Waals surface area contributed by atoms with Crippen LogP contribution < -0.4 is 4.90 Å². The van der Waals surface area contributed by atoms with Gasteiger partial charge in [-0.05, 0) is 104 Å². The van der Waals surface area contributed by atoms with Crippen molar-refractivity contribution >= 4 is 38.7 Å². The van der Waals surface area contributed by atoms with Gasteiger partial charge in [0.2, 0.25) is 0 Å². The van der Waals surface area contributed by atoms with Crippen LogP contribution in [0.3, 0.4) is 0 Å². The summed E-state index contributed by atoms with van der Waals surface area (Å²) >= 11 is 0. The maximum absolute atomic E-state index is 5.21. The monoisotopic (exact) mass is 726 g/mol. The fraction of sp³-hybridized carbons (Fsp3) is 0. The first-order chi connectivity index (χ1) is 28.2. The fourth-order valence-corrected chi connectivity index (χ4v) is 7.96. The first-order valence-corrected chi connectivity index (χ1v) is 19.5. The van der Waals surface area contributed by atoms with Crippen LogP contribution in [0.2, 0.25) is 0 Å². The van der Waals surface area contributed by atoms with Crippen LogP contribution in [0.1, 0.15) is 0 Å². The van der Waals surface area contributed by atoms with Gasteiger partial charge in [0, 0.05) is 27.9 Å². The second-order valence-corrected chi connectivity index (χ2v) is 14.4. The summed E-state index contributed by atoms with van der Waals surface area (Å²) in [5.41, 5.74) is 15.8. The van der Waals surface area contributed by atoms with Crippen molar-refractivity contribution in [3.05, 3.63) is 231 Å². The van der Waals surface area contributed by atoms with Crippen LogP contribution in [-0.2, 0) is 0 Å². The molecule has 57 heavy (non-hydrogen) atoms. The molecule has 10 rings (SSSR count). The smallest absolute Gasteiger partial charge is 0.0715 e. The number of rotatable bonds is 8. The van der Waals surface area contributed by atoms with Crippen LogP contribution in [0, 0.1) is 0 Å². The largest absolute Gasteiger partial charge is 0.310 e. The Bertz CT molecular complexity index is 2970. The van der Waals surface area contributed by atoms with Gasteiger partial charge in [0.1, 0.15) is 0 Å². The van der Waals surface area contributed by atoms with E-state index in [2.05, 4.69) is 235 Å². The molecule has 0 bridgehead atoms. The highest BCUT2D eigenvalue weighted by molar-refractivity contribution is 6.00. The van der Waals surface area contributed by atoms with Gasteiger partial charge >= 0.3 is 0 Å². The van der Waals surface area contributed by atoms with Crippen molar-refractivity contribution in [3.63, 3.8) is 0 Å². The van der Waals surface area contributed by atoms with Gasteiger partial charge in [0.05, 0.1) is 16.9 Å². The minimum absolute atomic E-state index is 0.943. The minimum Gasteiger partial charge on any atom is -0.310 e. The molecule has 2 heteroatoms. The van der Waals surface area contributed by atoms with Gasteiger partial charge in [0.15, 0.2) is 0 Å². The molecule has 0 spiro atoms. The molecule has 268 valence electrons. The Balaban J connectivity index is 1.05. The second-order valence-electron chi connectivity index (χ2n) is 14.4. The summed E-state index contributed by atoms with van der Waals surface area (Å²) in [4.78, 5) is 7.57. The van der Waals surface area contributed by atoms with Gasteiger partial charge in [-0.25, -0.2) is 4.98 Å². The quantitative estimate of drug-likeness (QED) is 0.155. The highest BCUT2D eigenvalue weighted by Gasteiger charge is 2.18. The molecule has 0 saturated carbocycles. The van der Waals surface area contributed by atoms with E-state index in [4.69, 9.17) is 4.98 Å². The van der Waals surface area contributed by atoms with Crippen LogP contribution in [0.25, 0.3) is 77.4 Å². The van der Waals surface area contributed by atoms with Gasteiger partial charge in [0.25, 0.3) is 0 Å². The molecular weight excluding hydrogens is 689 g/mol. The molecule has 0 radical (unpaired) electrons. The number of fused-ring (bicyclic) bond motifs is 2. The van der Waals surface area contributed by atoms with Crippen molar-refractivity contribution in [3.8, 4) is 55.8 Å². The van der Waals surface area contributed by atoms with Crippen LogP contribution in [-0.4, -0.2) is 4.98 Å². The second kappa shape index (κ2) is 14.9. The lowest BCUT2D eigenvalue weighted by atomic mass is 9.95. The maximum Gasteiger partial charge on any atom is 0.0715 e. The lowest BCUT2D eigenvalue weighted by Gasteiger charge is -2.28. The Labute approximate surface area is 333 Å². The zero-order chi connectivity index (χ0) is 38.0. The van der Waals surface area contributed by atoms with Crippen molar-refractivity contribution in [2.75, 3.05) is 4.90 Å². The molecule has 0 aliphatic carbocycles. The van der Waals surface area contributed by atoms with Crippen molar-refractivity contribution < 1.29 is 0 Å². The number of benzene rings is 9. The Hall–Kier alpha value is -7.55. The number of para-hydroxylation sites is 2. The van der Waals surface area contributed by atoms with Gasteiger partial charge in [-0.15, -0.1) is 0 Å². The molecular formula is C55H38N2. The van der Waals surface area contributed by atoms with E-state index in [9.17, 15) is 0 Å². The van der Waals surface area contributed by atoms with Crippen molar-refractivity contribution in [2.45, 2.75) is 0 Å². The van der Waals surface area contributed by atoms with E-state index in [1.54, 1.807) is 0 Å². The first-order valence-electron chi connectivity index (χ1n) is 19.5. The molecule has 1 aromatic heterocycles. The Morgan fingerprint density at radius 2 is 0.772 bits per heavy atom. The topological polar surface area (TPSA) is 16.1 Å². The Kier molecular flexibility index (Phi) is 8.91. The SMILES string of the molecule is c1ccc(-c2ccc(N(c3ccc(-c4cc(-c5ccc6cc(-c7ccccc7)ccc6c5)c5ccccc5n4)cc3)c3ccccc3-c3ccccc3)cc2)cc1. The number of pyridine rings is 1. The minimum atomic E-state index is 0.943. The molecule has 9 aromatic carbocycles. The average molecular weight is 727 g/mol. The predicted molar refractivity (Wildman–Crippen MR) is 241 cm³/mol. The molecule has 0 aliphatic heterocycles. The third-order valence-corrected chi connectivity index (χ3v) is 10.9. The summed E-state index contributed by atoms with van der Waals surface area (Å²) in [5.74, 6) is 0. The molecule has 1 heterocycles. The summed E-state index contributed by atoms with van der Waals surface area (Å²) in [5, 5.41) is 3.58. The maximum atomic E-state index is 5.21. The van der Waals surface area contributed by atoms with E-state index in [1.807, 2.05) is 0 Å². The molecule has 0 fully saturated rings. The van der Waals surface area contributed by atoms with Gasteiger partial charge in [-0.1, -0.05) is 176 Å². The summed E-state index contributed by atoms with van der Waals surface area (Å²) in [6.07, 6.45) is 0. The van der Waals surface area contributed by atoms with Crippen molar-refractivity contribution in [2.24, 2.45) is 0 Å². The lowest BCUT2D eigenvalue weighted by molar-refractivity contribution is 1.28.